The van der Waals surface area contributed by atoms with Gasteiger partial charge in [0.25, 0.3) is 0 Å². The molecule has 174 valence electrons. The molecule has 0 spiro atoms. The molecule has 1 saturated heterocycles. The quantitative estimate of drug-likeness (QED) is 0.495. The number of rotatable bonds is 5. The second-order valence-electron chi connectivity index (χ2n) is 8.80. The van der Waals surface area contributed by atoms with Crippen molar-refractivity contribution in [3.05, 3.63) is 82.3 Å². The summed E-state index contributed by atoms with van der Waals surface area (Å²) in [5.41, 5.74) is 7.19. The lowest BCUT2D eigenvalue weighted by atomic mass is 9.93. The van der Waals surface area contributed by atoms with Crippen molar-refractivity contribution >= 4 is 11.3 Å². The van der Waals surface area contributed by atoms with E-state index in [9.17, 15) is 0 Å². The Morgan fingerprint density at radius 3 is 2.06 bits per heavy atom. The predicted octanol–water partition coefficient (Wildman–Crippen LogP) is 6.27. The maximum atomic E-state index is 5.67. The van der Waals surface area contributed by atoms with E-state index >= 15 is 0 Å². The third-order valence-corrected chi connectivity index (χ3v) is 5.95. The minimum atomic E-state index is 0.113. The Morgan fingerprint density at radius 2 is 1.50 bits per heavy atom. The van der Waals surface area contributed by atoms with E-state index in [1.54, 1.807) is 11.3 Å². The topological polar surface area (TPSA) is 51.4 Å². The molecule has 0 aliphatic carbocycles. The van der Waals surface area contributed by atoms with Crippen LogP contribution in [-0.2, 0) is 18.6 Å². The summed E-state index contributed by atoms with van der Waals surface area (Å²) in [6, 6.07) is 20.6. The van der Waals surface area contributed by atoms with Gasteiger partial charge in [0.2, 0.25) is 0 Å². The molecular weight excluding hydrogens is 414 g/mol. The van der Waals surface area contributed by atoms with Gasteiger partial charge in [-0.2, -0.15) is 0 Å². The number of piperidine rings is 1. The van der Waals surface area contributed by atoms with Crippen LogP contribution >= 0.6 is 11.3 Å². The van der Waals surface area contributed by atoms with Crippen LogP contribution in [0, 0.1) is 0 Å². The van der Waals surface area contributed by atoms with E-state index in [-0.39, 0.29) is 5.41 Å². The normalized spacial score (nSPS) is 13.9. The number of hydrogen-bond donors (Lipinski definition) is 1. The summed E-state index contributed by atoms with van der Waals surface area (Å²) in [7, 11) is 1.50. The van der Waals surface area contributed by atoms with Crippen molar-refractivity contribution in [1.29, 1.82) is 0 Å². The van der Waals surface area contributed by atoms with Crippen LogP contribution in [0.15, 0.2) is 66.0 Å². The molecule has 0 unspecified atom stereocenters. The summed E-state index contributed by atoms with van der Waals surface area (Å²) in [6.07, 6.45) is 4.19. The van der Waals surface area contributed by atoms with E-state index in [1.807, 2.05) is 30.3 Å². The fraction of sp³-hybridized carbons (Fsp3) is 0.444. The minimum Gasteiger partial charge on any atom is -0.486 e. The van der Waals surface area contributed by atoms with Gasteiger partial charge in [0.15, 0.2) is 0 Å². The fourth-order valence-electron chi connectivity index (χ4n) is 3.34. The monoisotopic (exact) mass is 453 g/mol. The van der Waals surface area contributed by atoms with E-state index in [0.717, 1.165) is 23.0 Å². The van der Waals surface area contributed by atoms with Gasteiger partial charge in [0.05, 0.1) is 5.69 Å². The van der Waals surface area contributed by atoms with Gasteiger partial charge in [0.1, 0.15) is 17.4 Å². The molecule has 0 radical (unpaired) electrons. The molecular formula is C27H39N3OS. The van der Waals surface area contributed by atoms with Crippen LogP contribution in [-0.4, -0.2) is 30.0 Å². The Balaban J connectivity index is 0.000000217. The first-order valence-corrected chi connectivity index (χ1v) is 12.4. The Hall–Kier alpha value is -2.21. The van der Waals surface area contributed by atoms with E-state index < -0.39 is 0 Å². The van der Waals surface area contributed by atoms with E-state index in [0.29, 0.717) is 6.61 Å². The van der Waals surface area contributed by atoms with Gasteiger partial charge in [-0.15, -0.1) is 11.3 Å². The molecule has 1 aliphatic rings. The van der Waals surface area contributed by atoms with Crippen molar-refractivity contribution in [3.8, 4) is 5.75 Å². The Kier molecular flexibility index (Phi) is 11.4. The minimum absolute atomic E-state index is 0.113. The van der Waals surface area contributed by atoms with E-state index in [1.165, 1.54) is 45.0 Å². The molecule has 4 nitrogen and oxygen atoms in total. The third kappa shape index (κ3) is 9.51. The largest absolute Gasteiger partial charge is 0.486 e. The smallest absolute Gasteiger partial charge is 0.140 e. The lowest BCUT2D eigenvalue weighted by Crippen LogP contribution is -2.28. The number of thiazole rings is 1. The summed E-state index contributed by atoms with van der Waals surface area (Å²) in [4.78, 5) is 7.14. The number of nitrogens with two attached hydrogens (primary N) is 1. The van der Waals surface area contributed by atoms with Crippen LogP contribution in [0.5, 0.6) is 5.75 Å². The van der Waals surface area contributed by atoms with Gasteiger partial charge in [-0.05, 0) is 50.7 Å². The van der Waals surface area contributed by atoms with Crippen molar-refractivity contribution in [1.82, 2.24) is 9.88 Å². The molecule has 2 heterocycles. The van der Waals surface area contributed by atoms with Gasteiger partial charge >= 0.3 is 0 Å². The number of aromatic nitrogens is 1. The number of para-hydroxylation sites is 1. The molecule has 1 aliphatic heterocycles. The van der Waals surface area contributed by atoms with Gasteiger partial charge < -0.3 is 10.5 Å². The average molecular weight is 454 g/mol. The Labute approximate surface area is 198 Å². The lowest BCUT2D eigenvalue weighted by molar-refractivity contribution is 0.221. The standard InChI is InChI=1S/C14H17NOS.C12H17N.CH5N/c1-14(2,3)12-10-17-13(15-12)9-16-11-7-5-4-6-8-11;1-3-7-12(8-4-1)11-13-9-5-2-6-10-13;1-2/h4-8,10H,9H2,1-3H3;1,3-4,7-8H,2,5-6,9-11H2;2H2,1H3. The zero-order chi connectivity index (χ0) is 23.2. The van der Waals surface area contributed by atoms with Crippen molar-refractivity contribution in [2.45, 2.75) is 58.6 Å². The summed E-state index contributed by atoms with van der Waals surface area (Å²) < 4.78 is 5.67. The number of nitrogens with zero attached hydrogens (tertiary/aromatic N) is 2. The van der Waals surface area contributed by atoms with E-state index in [4.69, 9.17) is 4.74 Å². The summed E-state index contributed by atoms with van der Waals surface area (Å²) in [5, 5.41) is 3.14. The first kappa shape index (κ1) is 26.0. The molecule has 3 aromatic rings. The highest BCUT2D eigenvalue weighted by Gasteiger charge is 2.17. The highest BCUT2D eigenvalue weighted by Crippen LogP contribution is 2.24. The molecule has 32 heavy (non-hydrogen) atoms. The molecule has 2 N–H and O–H groups in total. The van der Waals surface area contributed by atoms with Crippen LogP contribution in [0.2, 0.25) is 0 Å². The molecule has 5 heteroatoms. The van der Waals surface area contributed by atoms with Crippen molar-refractivity contribution < 1.29 is 4.74 Å². The Morgan fingerprint density at radius 1 is 0.906 bits per heavy atom. The van der Waals surface area contributed by atoms with Gasteiger partial charge in [-0.1, -0.05) is 75.7 Å². The summed E-state index contributed by atoms with van der Waals surface area (Å²) >= 11 is 1.66. The molecule has 1 aromatic heterocycles. The highest BCUT2D eigenvalue weighted by molar-refractivity contribution is 7.09. The highest BCUT2D eigenvalue weighted by atomic mass is 32.1. The predicted molar refractivity (Wildman–Crippen MR) is 137 cm³/mol. The second kappa shape index (κ2) is 14.0. The van der Waals surface area contributed by atoms with Crippen LogP contribution in [0.25, 0.3) is 0 Å². The SMILES string of the molecule is CC(C)(C)c1csc(COc2ccccc2)n1.CN.c1ccc(CN2CCCCC2)cc1. The number of hydrogen-bond acceptors (Lipinski definition) is 5. The first-order chi connectivity index (χ1) is 15.5. The van der Waals surface area contributed by atoms with E-state index in [2.05, 4.69) is 72.1 Å². The number of ether oxygens (including phenoxy) is 1. The molecule has 0 bridgehead atoms. The maximum absolute atomic E-state index is 5.67. The average Bonchev–Trinajstić information content (AvgIpc) is 3.32. The molecule has 4 rings (SSSR count). The van der Waals surface area contributed by atoms with Crippen molar-refractivity contribution in [2.24, 2.45) is 5.73 Å². The number of likely N-dealkylation sites (tertiary alicyclic amines) is 1. The maximum Gasteiger partial charge on any atom is 0.140 e. The lowest BCUT2D eigenvalue weighted by Gasteiger charge is -2.26. The molecule has 0 saturated carbocycles. The van der Waals surface area contributed by atoms with Gasteiger partial charge in [0, 0.05) is 17.3 Å². The van der Waals surface area contributed by atoms with Gasteiger partial charge in [-0.3, -0.25) is 4.90 Å². The molecule has 1 fully saturated rings. The third-order valence-electron chi connectivity index (χ3n) is 5.12. The molecule has 2 aromatic carbocycles. The van der Waals surface area contributed by atoms with Crippen LogP contribution in [0.1, 0.15) is 56.3 Å². The second-order valence-corrected chi connectivity index (χ2v) is 9.74. The van der Waals surface area contributed by atoms with Crippen LogP contribution in [0.3, 0.4) is 0 Å². The summed E-state index contributed by atoms with van der Waals surface area (Å²) in [6.45, 7) is 10.8. The molecule has 0 atom stereocenters. The first-order valence-electron chi connectivity index (χ1n) is 11.5. The van der Waals surface area contributed by atoms with Crippen molar-refractivity contribution in [3.63, 3.8) is 0 Å². The van der Waals surface area contributed by atoms with Crippen molar-refractivity contribution in [2.75, 3.05) is 20.1 Å². The molecule has 0 amide bonds. The summed E-state index contributed by atoms with van der Waals surface area (Å²) in [5.74, 6) is 0.889. The number of benzene rings is 2. The fourth-order valence-corrected chi connectivity index (χ4v) is 4.27. The Bertz CT molecular complexity index is 853. The zero-order valence-corrected chi connectivity index (χ0v) is 20.9. The van der Waals surface area contributed by atoms with Crippen LogP contribution in [0.4, 0.5) is 0 Å². The van der Waals surface area contributed by atoms with Gasteiger partial charge in [-0.25, -0.2) is 4.98 Å². The van der Waals surface area contributed by atoms with Crippen LogP contribution < -0.4 is 10.5 Å². The zero-order valence-electron chi connectivity index (χ0n) is 20.1.